The highest BCUT2D eigenvalue weighted by Crippen LogP contribution is 2.27. The first-order valence-corrected chi connectivity index (χ1v) is 9.32. The molecule has 0 spiro atoms. The minimum Gasteiger partial charge on any atom is -0.494 e. The fraction of sp³-hybridized carbons (Fsp3) is 0.167. The smallest absolute Gasteiger partial charge is 0.255 e. The lowest BCUT2D eigenvalue weighted by Crippen LogP contribution is -2.31. The Balaban J connectivity index is 2.09. The van der Waals surface area contributed by atoms with Crippen molar-refractivity contribution in [2.24, 2.45) is 0 Å². The fourth-order valence-corrected chi connectivity index (χ4v) is 3.11. The number of fused-ring (bicyclic) bond motifs is 1. The van der Waals surface area contributed by atoms with Gasteiger partial charge in [-0.1, -0.05) is 30.4 Å². The lowest BCUT2D eigenvalue weighted by atomic mass is 10.0. The molecule has 3 rings (SSSR count). The molecule has 0 radical (unpaired) electrons. The summed E-state index contributed by atoms with van der Waals surface area (Å²) >= 11 is 0. The molecule has 0 fully saturated rings. The average molecular weight is 372 g/mol. The first-order valence-electron chi connectivity index (χ1n) is 9.32. The van der Waals surface area contributed by atoms with Gasteiger partial charge in [-0.05, 0) is 43.3 Å². The van der Waals surface area contributed by atoms with Crippen molar-refractivity contribution >= 4 is 16.8 Å². The highest BCUT2D eigenvalue weighted by molar-refractivity contribution is 6.07. The van der Waals surface area contributed by atoms with E-state index in [-0.39, 0.29) is 5.91 Å². The molecule has 0 unspecified atom stereocenters. The lowest BCUT2D eigenvalue weighted by molar-refractivity contribution is 0.0793. The topological polar surface area (TPSA) is 42.4 Å². The number of carbonyl (C=O) groups is 1. The van der Waals surface area contributed by atoms with Crippen LogP contribution < -0.4 is 4.74 Å². The number of rotatable bonds is 8. The summed E-state index contributed by atoms with van der Waals surface area (Å²) in [5.41, 5.74) is 3.09. The van der Waals surface area contributed by atoms with Crippen molar-refractivity contribution in [2.75, 3.05) is 19.7 Å². The Morgan fingerprint density at radius 2 is 1.75 bits per heavy atom. The Bertz CT molecular complexity index is 983. The van der Waals surface area contributed by atoms with E-state index in [2.05, 4.69) is 13.2 Å². The van der Waals surface area contributed by atoms with E-state index < -0.39 is 0 Å². The van der Waals surface area contributed by atoms with E-state index in [0.29, 0.717) is 25.3 Å². The van der Waals surface area contributed by atoms with Gasteiger partial charge in [-0.3, -0.25) is 4.79 Å². The molecule has 4 heteroatoms. The molecular weight excluding hydrogens is 348 g/mol. The SMILES string of the molecule is C=CCN(CC=C)C(=O)c1cc(-c2ccc(OCC)cc2)nc2ccccc12. The lowest BCUT2D eigenvalue weighted by Gasteiger charge is -2.20. The largest absolute Gasteiger partial charge is 0.494 e. The molecule has 1 heterocycles. The molecule has 1 aromatic heterocycles. The zero-order valence-corrected chi connectivity index (χ0v) is 16.1. The van der Waals surface area contributed by atoms with E-state index in [0.717, 1.165) is 27.9 Å². The van der Waals surface area contributed by atoms with Gasteiger partial charge in [0.25, 0.3) is 5.91 Å². The van der Waals surface area contributed by atoms with Crippen LogP contribution in [0.15, 0.2) is 79.9 Å². The predicted molar refractivity (Wildman–Crippen MR) is 115 cm³/mol. The third-order valence-corrected chi connectivity index (χ3v) is 4.39. The summed E-state index contributed by atoms with van der Waals surface area (Å²) in [5.74, 6) is 0.747. The van der Waals surface area contributed by atoms with Crippen molar-refractivity contribution in [1.82, 2.24) is 9.88 Å². The van der Waals surface area contributed by atoms with Gasteiger partial charge in [0.05, 0.1) is 23.4 Å². The van der Waals surface area contributed by atoms with Crippen LogP contribution in [0.3, 0.4) is 0 Å². The molecule has 0 aliphatic heterocycles. The molecular formula is C24H24N2O2. The quantitative estimate of drug-likeness (QED) is 0.516. The molecule has 0 saturated carbocycles. The van der Waals surface area contributed by atoms with Gasteiger partial charge in [-0.2, -0.15) is 0 Å². The number of carbonyl (C=O) groups excluding carboxylic acids is 1. The maximum Gasteiger partial charge on any atom is 0.255 e. The molecule has 28 heavy (non-hydrogen) atoms. The number of ether oxygens (including phenoxy) is 1. The maximum absolute atomic E-state index is 13.2. The highest BCUT2D eigenvalue weighted by Gasteiger charge is 2.18. The van der Waals surface area contributed by atoms with Gasteiger partial charge in [0.15, 0.2) is 0 Å². The highest BCUT2D eigenvalue weighted by atomic mass is 16.5. The van der Waals surface area contributed by atoms with Crippen LogP contribution in [0.5, 0.6) is 5.75 Å². The van der Waals surface area contributed by atoms with Crippen LogP contribution in [0.25, 0.3) is 22.2 Å². The molecule has 0 saturated heterocycles. The molecule has 0 bridgehead atoms. The van der Waals surface area contributed by atoms with E-state index in [1.165, 1.54) is 0 Å². The van der Waals surface area contributed by atoms with Crippen molar-refractivity contribution in [1.29, 1.82) is 0 Å². The van der Waals surface area contributed by atoms with Gasteiger partial charge < -0.3 is 9.64 Å². The molecule has 1 amide bonds. The Morgan fingerprint density at radius 3 is 2.39 bits per heavy atom. The zero-order chi connectivity index (χ0) is 19.9. The standard InChI is InChI=1S/C24H24N2O2/c1-4-15-26(16-5-2)24(27)21-17-23(25-22-10-8-7-9-20(21)22)18-11-13-19(14-12-18)28-6-3/h4-5,7-14,17H,1-2,6,15-16H2,3H3. The summed E-state index contributed by atoms with van der Waals surface area (Å²) in [4.78, 5) is 19.7. The van der Waals surface area contributed by atoms with Gasteiger partial charge in [0.1, 0.15) is 5.75 Å². The molecule has 3 aromatic rings. The van der Waals surface area contributed by atoms with Gasteiger partial charge in [-0.25, -0.2) is 4.98 Å². The van der Waals surface area contributed by atoms with Crippen molar-refractivity contribution in [2.45, 2.75) is 6.92 Å². The van der Waals surface area contributed by atoms with Crippen molar-refractivity contribution < 1.29 is 9.53 Å². The summed E-state index contributed by atoms with van der Waals surface area (Å²) in [5, 5.41) is 0.834. The molecule has 142 valence electrons. The van der Waals surface area contributed by atoms with Crippen molar-refractivity contribution in [3.63, 3.8) is 0 Å². The third kappa shape index (κ3) is 4.12. The van der Waals surface area contributed by atoms with Crippen molar-refractivity contribution in [3.05, 3.63) is 85.5 Å². The van der Waals surface area contributed by atoms with Crippen LogP contribution in [-0.4, -0.2) is 35.5 Å². The van der Waals surface area contributed by atoms with Crippen LogP contribution in [0, 0.1) is 0 Å². The van der Waals surface area contributed by atoms with E-state index in [9.17, 15) is 4.79 Å². The predicted octanol–water partition coefficient (Wildman–Crippen LogP) is 5.11. The van der Waals surface area contributed by atoms with E-state index in [4.69, 9.17) is 9.72 Å². The number of pyridine rings is 1. The van der Waals surface area contributed by atoms with E-state index in [1.54, 1.807) is 17.1 Å². The van der Waals surface area contributed by atoms with Crippen LogP contribution in [0.2, 0.25) is 0 Å². The van der Waals surface area contributed by atoms with Crippen molar-refractivity contribution in [3.8, 4) is 17.0 Å². The number of benzene rings is 2. The second-order valence-corrected chi connectivity index (χ2v) is 6.32. The van der Waals surface area contributed by atoms with E-state index in [1.807, 2.05) is 61.5 Å². The Labute approximate surface area is 165 Å². The summed E-state index contributed by atoms with van der Waals surface area (Å²) in [6, 6.07) is 17.3. The summed E-state index contributed by atoms with van der Waals surface area (Å²) in [7, 11) is 0. The maximum atomic E-state index is 13.2. The minimum atomic E-state index is -0.0643. The third-order valence-electron chi connectivity index (χ3n) is 4.39. The average Bonchev–Trinajstić information content (AvgIpc) is 2.73. The summed E-state index contributed by atoms with van der Waals surface area (Å²) < 4.78 is 5.51. The normalized spacial score (nSPS) is 10.5. The Hall–Kier alpha value is -3.40. The van der Waals surface area contributed by atoms with Gasteiger partial charge in [0, 0.05) is 24.0 Å². The molecule has 0 aliphatic rings. The second-order valence-electron chi connectivity index (χ2n) is 6.32. The number of nitrogens with zero attached hydrogens (tertiary/aromatic N) is 2. The fourth-order valence-electron chi connectivity index (χ4n) is 3.11. The first-order chi connectivity index (χ1) is 13.7. The van der Waals surface area contributed by atoms with Gasteiger partial charge in [-0.15, -0.1) is 13.2 Å². The van der Waals surface area contributed by atoms with Crippen LogP contribution in [0.1, 0.15) is 17.3 Å². The molecule has 0 aliphatic carbocycles. The monoisotopic (exact) mass is 372 g/mol. The Morgan fingerprint density at radius 1 is 1.07 bits per heavy atom. The summed E-state index contributed by atoms with van der Waals surface area (Å²) in [6.45, 7) is 11.0. The van der Waals surface area contributed by atoms with E-state index >= 15 is 0 Å². The van der Waals surface area contributed by atoms with Crippen LogP contribution >= 0.6 is 0 Å². The minimum absolute atomic E-state index is 0.0643. The number of para-hydroxylation sites is 1. The van der Waals surface area contributed by atoms with Crippen LogP contribution in [0.4, 0.5) is 0 Å². The Kier molecular flexibility index (Phi) is 6.22. The number of amides is 1. The van der Waals surface area contributed by atoms with Crippen LogP contribution in [-0.2, 0) is 0 Å². The second kappa shape index (κ2) is 9.00. The zero-order valence-electron chi connectivity index (χ0n) is 16.1. The molecule has 0 atom stereocenters. The summed E-state index contributed by atoms with van der Waals surface area (Å²) in [6.07, 6.45) is 3.44. The number of hydrogen-bond donors (Lipinski definition) is 0. The molecule has 0 N–H and O–H groups in total. The molecule has 2 aromatic carbocycles. The number of aromatic nitrogens is 1. The number of hydrogen-bond acceptors (Lipinski definition) is 3. The molecule has 4 nitrogen and oxygen atoms in total. The van der Waals surface area contributed by atoms with Gasteiger partial charge in [0.2, 0.25) is 0 Å². The van der Waals surface area contributed by atoms with Gasteiger partial charge >= 0.3 is 0 Å². The first kappa shape index (κ1) is 19.4.